The van der Waals surface area contributed by atoms with E-state index in [4.69, 9.17) is 0 Å². The number of rotatable bonds is 2. The molecule has 94 valence electrons. The molecule has 0 radical (unpaired) electrons. The lowest BCUT2D eigenvalue weighted by Gasteiger charge is -2.23. The predicted octanol–water partition coefficient (Wildman–Crippen LogP) is 1.65. The van der Waals surface area contributed by atoms with Crippen LogP contribution in [-0.4, -0.2) is 30.0 Å². The summed E-state index contributed by atoms with van der Waals surface area (Å²) >= 11 is 0. The Bertz CT molecular complexity index is 555. The molecule has 1 aromatic carbocycles. The molecule has 1 aliphatic heterocycles. The van der Waals surface area contributed by atoms with Crippen LogP contribution in [0.2, 0.25) is 0 Å². The number of piperidine rings is 1. The second-order valence-electron chi connectivity index (χ2n) is 4.76. The summed E-state index contributed by atoms with van der Waals surface area (Å²) in [5.41, 5.74) is 1.64. The molecule has 1 aliphatic rings. The van der Waals surface area contributed by atoms with E-state index in [0.29, 0.717) is 0 Å². The van der Waals surface area contributed by atoms with Crippen LogP contribution in [0, 0.1) is 0 Å². The smallest absolute Gasteiger partial charge is 0.253 e. The van der Waals surface area contributed by atoms with Crippen molar-refractivity contribution in [3.8, 4) is 0 Å². The van der Waals surface area contributed by atoms with Crippen molar-refractivity contribution in [2.75, 3.05) is 13.1 Å². The molecule has 0 unspecified atom stereocenters. The Morgan fingerprint density at radius 2 is 2.28 bits per heavy atom. The molecule has 4 nitrogen and oxygen atoms in total. The number of nitrogens with one attached hydrogen (secondary N) is 3. The molecular weight excluding hydrogens is 226 g/mol. The highest BCUT2D eigenvalue weighted by atomic mass is 16.1. The highest BCUT2D eigenvalue weighted by Crippen LogP contribution is 2.17. The third kappa shape index (κ3) is 2.11. The first-order valence-electron chi connectivity index (χ1n) is 6.42. The first kappa shape index (κ1) is 11.3. The lowest BCUT2D eigenvalue weighted by molar-refractivity contribution is 0.0932. The Labute approximate surface area is 106 Å². The number of hydrogen-bond donors (Lipinski definition) is 3. The van der Waals surface area contributed by atoms with E-state index in [1.807, 2.05) is 30.5 Å². The summed E-state index contributed by atoms with van der Waals surface area (Å²) in [5.74, 6) is 0.0109. The van der Waals surface area contributed by atoms with Crippen molar-refractivity contribution in [1.82, 2.24) is 15.6 Å². The summed E-state index contributed by atoms with van der Waals surface area (Å²) in [4.78, 5) is 15.4. The maximum atomic E-state index is 12.3. The molecule has 3 N–H and O–H groups in total. The Morgan fingerprint density at radius 3 is 3.11 bits per heavy atom. The van der Waals surface area contributed by atoms with E-state index >= 15 is 0 Å². The van der Waals surface area contributed by atoms with Crippen LogP contribution >= 0.6 is 0 Å². The molecule has 0 saturated carbocycles. The van der Waals surface area contributed by atoms with E-state index in [0.717, 1.165) is 42.4 Å². The molecule has 1 aromatic heterocycles. The van der Waals surface area contributed by atoms with E-state index in [2.05, 4.69) is 15.6 Å². The Morgan fingerprint density at radius 1 is 1.33 bits per heavy atom. The minimum atomic E-state index is 0.0109. The zero-order valence-electron chi connectivity index (χ0n) is 10.2. The number of H-pyrrole nitrogens is 1. The van der Waals surface area contributed by atoms with E-state index in [1.54, 1.807) is 0 Å². The number of carbonyl (C=O) groups is 1. The van der Waals surface area contributed by atoms with Crippen LogP contribution in [0.15, 0.2) is 30.5 Å². The van der Waals surface area contributed by atoms with Gasteiger partial charge in [-0.25, -0.2) is 0 Å². The van der Waals surface area contributed by atoms with Crippen molar-refractivity contribution in [3.63, 3.8) is 0 Å². The van der Waals surface area contributed by atoms with Crippen LogP contribution < -0.4 is 10.6 Å². The quantitative estimate of drug-likeness (QED) is 0.751. The molecule has 0 aliphatic carbocycles. The van der Waals surface area contributed by atoms with Gasteiger partial charge in [0.05, 0.1) is 11.1 Å². The normalized spacial score (nSPS) is 19.9. The fourth-order valence-corrected chi connectivity index (χ4v) is 2.51. The highest BCUT2D eigenvalue weighted by molar-refractivity contribution is 6.05. The van der Waals surface area contributed by atoms with Gasteiger partial charge >= 0.3 is 0 Å². The van der Waals surface area contributed by atoms with Crippen LogP contribution in [-0.2, 0) is 0 Å². The van der Waals surface area contributed by atoms with Gasteiger partial charge in [0.2, 0.25) is 0 Å². The van der Waals surface area contributed by atoms with Crippen molar-refractivity contribution in [3.05, 3.63) is 36.0 Å². The third-order valence-electron chi connectivity index (χ3n) is 3.46. The molecule has 3 rings (SSSR count). The topological polar surface area (TPSA) is 56.9 Å². The SMILES string of the molecule is O=C(N[C@H]1CCCNC1)c1cccc2cc[nH]c12. The third-order valence-corrected chi connectivity index (χ3v) is 3.46. The number of aromatic amines is 1. The molecular formula is C14H17N3O. The van der Waals surface area contributed by atoms with Crippen molar-refractivity contribution < 1.29 is 4.79 Å². The second-order valence-corrected chi connectivity index (χ2v) is 4.76. The van der Waals surface area contributed by atoms with Gasteiger partial charge in [-0.1, -0.05) is 12.1 Å². The van der Waals surface area contributed by atoms with Crippen LogP contribution in [0.5, 0.6) is 0 Å². The zero-order chi connectivity index (χ0) is 12.4. The minimum absolute atomic E-state index is 0.0109. The van der Waals surface area contributed by atoms with Gasteiger partial charge in [0, 0.05) is 24.2 Å². The van der Waals surface area contributed by atoms with E-state index in [9.17, 15) is 4.79 Å². The van der Waals surface area contributed by atoms with E-state index in [1.165, 1.54) is 0 Å². The standard InChI is InChI=1S/C14H17N3O/c18-14(17-11-4-2-7-15-9-11)12-5-1-3-10-6-8-16-13(10)12/h1,3,5-6,8,11,15-16H,2,4,7,9H2,(H,17,18)/t11-/m0/s1. The molecule has 2 aromatic rings. The number of aromatic nitrogens is 1. The van der Waals surface area contributed by atoms with Gasteiger partial charge in [-0.05, 0) is 31.5 Å². The Hall–Kier alpha value is -1.81. The fraction of sp³-hybridized carbons (Fsp3) is 0.357. The maximum absolute atomic E-state index is 12.3. The molecule has 1 amide bonds. The van der Waals surface area contributed by atoms with Crippen molar-refractivity contribution in [2.24, 2.45) is 0 Å². The molecule has 1 atom stereocenters. The molecule has 2 heterocycles. The van der Waals surface area contributed by atoms with Crippen molar-refractivity contribution in [1.29, 1.82) is 0 Å². The molecule has 1 saturated heterocycles. The summed E-state index contributed by atoms with van der Waals surface area (Å²) in [5, 5.41) is 7.47. The van der Waals surface area contributed by atoms with Gasteiger partial charge in [0.25, 0.3) is 5.91 Å². The van der Waals surface area contributed by atoms with E-state index < -0.39 is 0 Å². The number of benzene rings is 1. The summed E-state index contributed by atoms with van der Waals surface area (Å²) < 4.78 is 0. The predicted molar refractivity (Wildman–Crippen MR) is 71.7 cm³/mol. The van der Waals surface area contributed by atoms with Gasteiger partial charge in [-0.2, -0.15) is 0 Å². The zero-order valence-corrected chi connectivity index (χ0v) is 10.2. The van der Waals surface area contributed by atoms with Crippen LogP contribution in [0.4, 0.5) is 0 Å². The average molecular weight is 243 g/mol. The van der Waals surface area contributed by atoms with Gasteiger partial charge in [0.1, 0.15) is 0 Å². The van der Waals surface area contributed by atoms with Crippen LogP contribution in [0.25, 0.3) is 10.9 Å². The van der Waals surface area contributed by atoms with Gasteiger partial charge < -0.3 is 15.6 Å². The summed E-state index contributed by atoms with van der Waals surface area (Å²) in [6, 6.07) is 8.02. The van der Waals surface area contributed by atoms with Crippen LogP contribution in [0.3, 0.4) is 0 Å². The summed E-state index contributed by atoms with van der Waals surface area (Å²) in [7, 11) is 0. The van der Waals surface area contributed by atoms with Gasteiger partial charge in [-0.3, -0.25) is 4.79 Å². The van der Waals surface area contributed by atoms with Crippen LogP contribution in [0.1, 0.15) is 23.2 Å². The van der Waals surface area contributed by atoms with Crippen molar-refractivity contribution >= 4 is 16.8 Å². The summed E-state index contributed by atoms with van der Waals surface area (Å²) in [6.45, 7) is 1.92. The number of fused-ring (bicyclic) bond motifs is 1. The average Bonchev–Trinajstić information content (AvgIpc) is 2.87. The molecule has 18 heavy (non-hydrogen) atoms. The number of carbonyl (C=O) groups excluding carboxylic acids is 1. The lowest BCUT2D eigenvalue weighted by Crippen LogP contribution is -2.45. The molecule has 0 spiro atoms. The highest BCUT2D eigenvalue weighted by Gasteiger charge is 2.17. The van der Waals surface area contributed by atoms with Gasteiger partial charge in [0.15, 0.2) is 0 Å². The first-order valence-corrected chi connectivity index (χ1v) is 6.42. The van der Waals surface area contributed by atoms with Gasteiger partial charge in [-0.15, -0.1) is 0 Å². The van der Waals surface area contributed by atoms with E-state index in [-0.39, 0.29) is 11.9 Å². The molecule has 0 bridgehead atoms. The number of hydrogen-bond acceptors (Lipinski definition) is 2. The summed E-state index contributed by atoms with van der Waals surface area (Å²) in [6.07, 6.45) is 4.04. The lowest BCUT2D eigenvalue weighted by atomic mass is 10.1. The maximum Gasteiger partial charge on any atom is 0.253 e. The second kappa shape index (κ2) is 4.82. The fourth-order valence-electron chi connectivity index (χ4n) is 2.51. The minimum Gasteiger partial charge on any atom is -0.361 e. The monoisotopic (exact) mass is 243 g/mol. The largest absolute Gasteiger partial charge is 0.361 e. The number of para-hydroxylation sites is 1. The Balaban J connectivity index is 1.81. The Kier molecular flexibility index (Phi) is 3.02. The molecule has 4 heteroatoms. The van der Waals surface area contributed by atoms with Crippen molar-refractivity contribution in [2.45, 2.75) is 18.9 Å². The molecule has 1 fully saturated rings. The number of amides is 1. The first-order chi connectivity index (χ1) is 8.84.